The molecule has 1 fully saturated rings. The smallest absolute Gasteiger partial charge is 0.250 e. The minimum absolute atomic E-state index is 0.00444. The first-order valence-electron chi connectivity index (χ1n) is 17.1. The van der Waals surface area contributed by atoms with Crippen LogP contribution < -0.4 is 10.4 Å². The second kappa shape index (κ2) is 15.0. The van der Waals surface area contributed by atoms with Gasteiger partial charge in [0.25, 0.3) is 8.32 Å². The average molecular weight is 651 g/mol. The molecule has 5 heteroatoms. The lowest BCUT2D eigenvalue weighted by Gasteiger charge is -2.48. The van der Waals surface area contributed by atoms with Gasteiger partial charge < -0.3 is 13.6 Å². The molecular formula is C41H54O3Si2. The lowest BCUT2D eigenvalue weighted by atomic mass is 9.87. The molecule has 5 rings (SSSR count). The molecule has 46 heavy (non-hydrogen) atoms. The SMILES string of the molecule is C[C@H]1CC(COCc2ccccc2)(COCc2ccccc2)C[C@@H]1C[Si](C)(C)O[Si](c1ccccc1)(c1ccccc1)C(C)(C)C. The summed E-state index contributed by atoms with van der Waals surface area (Å²) in [5.74, 6) is 1.15. The summed E-state index contributed by atoms with van der Waals surface area (Å²) in [7, 11) is -4.79. The zero-order valence-electron chi connectivity index (χ0n) is 28.9. The van der Waals surface area contributed by atoms with E-state index in [4.69, 9.17) is 13.6 Å². The average Bonchev–Trinajstić information content (AvgIpc) is 3.34. The highest BCUT2D eigenvalue weighted by Crippen LogP contribution is 2.50. The summed E-state index contributed by atoms with van der Waals surface area (Å²) >= 11 is 0. The Morgan fingerprint density at radius 2 is 1.04 bits per heavy atom. The molecule has 1 aliphatic rings. The summed E-state index contributed by atoms with van der Waals surface area (Å²) in [6, 6.07) is 44.4. The molecule has 0 spiro atoms. The van der Waals surface area contributed by atoms with Crippen molar-refractivity contribution < 1.29 is 13.6 Å². The van der Waals surface area contributed by atoms with Crippen LogP contribution in [0.25, 0.3) is 0 Å². The highest BCUT2D eigenvalue weighted by molar-refractivity contribution is 7.04. The van der Waals surface area contributed by atoms with Crippen molar-refractivity contribution in [2.75, 3.05) is 13.2 Å². The van der Waals surface area contributed by atoms with E-state index in [9.17, 15) is 0 Å². The van der Waals surface area contributed by atoms with E-state index in [1.165, 1.54) is 21.5 Å². The molecule has 0 aromatic heterocycles. The van der Waals surface area contributed by atoms with Crippen LogP contribution in [0.2, 0.25) is 24.2 Å². The van der Waals surface area contributed by atoms with Crippen LogP contribution >= 0.6 is 0 Å². The molecule has 4 aromatic rings. The van der Waals surface area contributed by atoms with E-state index in [1.807, 2.05) is 0 Å². The van der Waals surface area contributed by atoms with E-state index in [2.05, 4.69) is 162 Å². The van der Waals surface area contributed by atoms with Gasteiger partial charge in [0.15, 0.2) is 8.32 Å². The Kier molecular flexibility index (Phi) is 11.2. The second-order valence-corrected chi connectivity index (χ2v) is 24.1. The van der Waals surface area contributed by atoms with Crippen molar-refractivity contribution in [2.24, 2.45) is 17.3 Å². The quantitative estimate of drug-likeness (QED) is 0.127. The third kappa shape index (κ3) is 8.37. The molecule has 1 saturated carbocycles. The minimum Gasteiger partial charge on any atom is -0.449 e. The van der Waals surface area contributed by atoms with Crippen LogP contribution in [0.3, 0.4) is 0 Å². The number of hydrogen-bond acceptors (Lipinski definition) is 3. The van der Waals surface area contributed by atoms with Crippen LogP contribution in [0.15, 0.2) is 121 Å². The lowest BCUT2D eigenvalue weighted by molar-refractivity contribution is -0.0325. The van der Waals surface area contributed by atoms with Crippen molar-refractivity contribution in [3.63, 3.8) is 0 Å². The highest BCUT2D eigenvalue weighted by atomic mass is 28.4. The van der Waals surface area contributed by atoms with Gasteiger partial charge in [-0.1, -0.05) is 149 Å². The Balaban J connectivity index is 1.37. The van der Waals surface area contributed by atoms with Crippen molar-refractivity contribution >= 4 is 27.0 Å². The van der Waals surface area contributed by atoms with E-state index in [0.29, 0.717) is 25.0 Å². The maximum Gasteiger partial charge on any atom is 0.250 e. The van der Waals surface area contributed by atoms with Gasteiger partial charge in [-0.2, -0.15) is 0 Å². The van der Waals surface area contributed by atoms with E-state index in [-0.39, 0.29) is 10.5 Å². The van der Waals surface area contributed by atoms with Crippen LogP contribution in [0.4, 0.5) is 0 Å². The molecule has 0 amide bonds. The minimum atomic E-state index is -2.62. The van der Waals surface area contributed by atoms with Crippen molar-refractivity contribution in [3.05, 3.63) is 132 Å². The maximum atomic E-state index is 7.83. The van der Waals surface area contributed by atoms with Gasteiger partial charge in [0.05, 0.1) is 26.4 Å². The molecule has 0 unspecified atom stereocenters. The van der Waals surface area contributed by atoms with Gasteiger partial charge in [0, 0.05) is 5.41 Å². The molecule has 0 N–H and O–H groups in total. The molecule has 0 bridgehead atoms. The Bertz CT molecular complexity index is 1390. The number of rotatable bonds is 14. The summed E-state index contributed by atoms with van der Waals surface area (Å²) in [5, 5.41) is 2.71. The zero-order chi connectivity index (χ0) is 32.7. The van der Waals surface area contributed by atoms with Crippen molar-refractivity contribution in [1.82, 2.24) is 0 Å². The monoisotopic (exact) mass is 650 g/mol. The Labute approximate surface area is 280 Å². The molecule has 2 atom stereocenters. The lowest BCUT2D eigenvalue weighted by Crippen LogP contribution is -2.70. The van der Waals surface area contributed by atoms with Gasteiger partial charge >= 0.3 is 0 Å². The Morgan fingerprint density at radius 3 is 1.46 bits per heavy atom. The normalized spacial score (nSPS) is 18.5. The first-order valence-corrected chi connectivity index (χ1v) is 22.1. The van der Waals surface area contributed by atoms with Crippen LogP contribution in [0.1, 0.15) is 51.7 Å². The van der Waals surface area contributed by atoms with E-state index < -0.39 is 16.6 Å². The van der Waals surface area contributed by atoms with Crippen LogP contribution in [0.5, 0.6) is 0 Å². The van der Waals surface area contributed by atoms with E-state index >= 15 is 0 Å². The molecule has 244 valence electrons. The van der Waals surface area contributed by atoms with Gasteiger partial charge in [-0.15, -0.1) is 0 Å². The van der Waals surface area contributed by atoms with Gasteiger partial charge in [0.1, 0.15) is 0 Å². The molecule has 0 saturated heterocycles. The van der Waals surface area contributed by atoms with Crippen molar-refractivity contribution in [1.29, 1.82) is 0 Å². The third-order valence-corrected chi connectivity index (χ3v) is 19.2. The molecule has 4 aromatic carbocycles. The third-order valence-electron chi connectivity index (χ3n) is 9.89. The van der Waals surface area contributed by atoms with Crippen LogP contribution in [-0.2, 0) is 26.8 Å². The molecule has 0 radical (unpaired) electrons. The standard InChI is InChI=1S/C41H54O3Si2/c1-34-27-41(32-42-29-35-19-11-7-12-20-35,33-43-30-36-21-13-8-14-22-36)28-37(34)31-45(5,6)44-46(40(2,3)4,38-23-15-9-16-24-38)39-25-17-10-18-26-39/h7-26,34,37H,27-33H2,1-6H3/t34-,37+/m0/s1. The summed E-state index contributed by atoms with van der Waals surface area (Å²) in [4.78, 5) is 0. The van der Waals surface area contributed by atoms with Gasteiger partial charge in [-0.25, -0.2) is 0 Å². The number of ether oxygens (including phenoxy) is 2. The van der Waals surface area contributed by atoms with Crippen LogP contribution in [0, 0.1) is 17.3 Å². The summed E-state index contributed by atoms with van der Waals surface area (Å²) in [6.07, 6.45) is 2.23. The Morgan fingerprint density at radius 1 is 0.630 bits per heavy atom. The number of hydrogen-bond donors (Lipinski definition) is 0. The topological polar surface area (TPSA) is 27.7 Å². The zero-order valence-corrected chi connectivity index (χ0v) is 30.9. The van der Waals surface area contributed by atoms with Gasteiger partial charge in [-0.05, 0) is 70.4 Å². The highest BCUT2D eigenvalue weighted by Gasteiger charge is 2.54. The Hall–Kier alpha value is -2.81. The fourth-order valence-corrected chi connectivity index (χ4v) is 18.9. The van der Waals surface area contributed by atoms with E-state index in [0.717, 1.165) is 32.1 Å². The first-order chi connectivity index (χ1) is 22.0. The summed E-state index contributed by atoms with van der Waals surface area (Å²) < 4.78 is 20.8. The molecular weight excluding hydrogens is 597 g/mol. The van der Waals surface area contributed by atoms with Gasteiger partial charge in [0.2, 0.25) is 0 Å². The summed E-state index contributed by atoms with van der Waals surface area (Å²) in [5.41, 5.74) is 2.44. The fraction of sp³-hybridized carbons (Fsp3) is 0.415. The van der Waals surface area contributed by atoms with Crippen molar-refractivity contribution in [2.45, 2.75) is 77.9 Å². The van der Waals surface area contributed by atoms with E-state index in [1.54, 1.807) is 0 Å². The first kappa shape index (κ1) is 34.5. The predicted molar refractivity (Wildman–Crippen MR) is 198 cm³/mol. The number of benzene rings is 4. The summed E-state index contributed by atoms with van der Waals surface area (Å²) in [6.45, 7) is 17.3. The molecule has 0 heterocycles. The van der Waals surface area contributed by atoms with Gasteiger partial charge in [-0.3, -0.25) is 0 Å². The van der Waals surface area contributed by atoms with Crippen LogP contribution in [-0.4, -0.2) is 29.8 Å². The van der Waals surface area contributed by atoms with Crippen molar-refractivity contribution in [3.8, 4) is 0 Å². The predicted octanol–water partition coefficient (Wildman–Crippen LogP) is 9.23. The second-order valence-electron chi connectivity index (χ2n) is 15.3. The molecule has 0 aliphatic heterocycles. The fourth-order valence-electron chi connectivity index (χ4n) is 7.90. The molecule has 1 aliphatic carbocycles. The molecule has 3 nitrogen and oxygen atoms in total. The maximum absolute atomic E-state index is 7.83. The largest absolute Gasteiger partial charge is 0.449 e.